The number of carbonyl (C=O) groups is 2. The molecule has 1 fully saturated rings. The normalized spacial score (nSPS) is 14.6. The lowest BCUT2D eigenvalue weighted by atomic mass is 10.1. The standard InChI is InChI=1S/C27H29F4N5O4S/c1-15-11-33-23(41-15)20-10-18(39-17-5-7-36(8-6-17)25(38)40-26(2,3)4)9-19(21(20)28)22(37)32-12-16-13-34-24(35-14-16)27(29,30)31/h9-11,13-14,17H,5-8,12H2,1-4H3,(H,32,37). The van der Waals surface area contributed by atoms with Crippen molar-refractivity contribution in [3.8, 4) is 16.3 Å². The van der Waals surface area contributed by atoms with Crippen molar-refractivity contribution < 1.29 is 36.6 Å². The summed E-state index contributed by atoms with van der Waals surface area (Å²) in [4.78, 5) is 38.6. The van der Waals surface area contributed by atoms with Gasteiger partial charge in [0.2, 0.25) is 5.82 Å². The number of halogens is 4. The minimum Gasteiger partial charge on any atom is -0.490 e. The van der Waals surface area contributed by atoms with Gasteiger partial charge < -0.3 is 19.7 Å². The third kappa shape index (κ3) is 7.90. The molecule has 14 heteroatoms. The number of aromatic nitrogens is 3. The highest BCUT2D eigenvalue weighted by Gasteiger charge is 2.34. The summed E-state index contributed by atoms with van der Waals surface area (Å²) in [6, 6.07) is 2.76. The van der Waals surface area contributed by atoms with E-state index in [2.05, 4.69) is 20.3 Å². The summed E-state index contributed by atoms with van der Waals surface area (Å²) in [6.07, 6.45) is -0.929. The molecule has 220 valence electrons. The van der Waals surface area contributed by atoms with Gasteiger partial charge in [0.1, 0.15) is 28.3 Å². The van der Waals surface area contributed by atoms with Crippen LogP contribution in [0.1, 0.15) is 60.2 Å². The van der Waals surface area contributed by atoms with Gasteiger partial charge in [0, 0.05) is 61.5 Å². The van der Waals surface area contributed by atoms with Crippen LogP contribution in [0.3, 0.4) is 0 Å². The van der Waals surface area contributed by atoms with Gasteiger partial charge in [0.25, 0.3) is 5.91 Å². The Morgan fingerprint density at radius 2 is 1.73 bits per heavy atom. The lowest BCUT2D eigenvalue weighted by Gasteiger charge is -2.33. The molecule has 41 heavy (non-hydrogen) atoms. The quantitative estimate of drug-likeness (QED) is 0.361. The van der Waals surface area contributed by atoms with E-state index in [-0.39, 0.29) is 35.1 Å². The molecule has 0 saturated carbocycles. The van der Waals surface area contributed by atoms with Crippen molar-refractivity contribution >= 4 is 23.3 Å². The zero-order chi connectivity index (χ0) is 29.9. The second-order valence-corrected chi connectivity index (χ2v) is 11.7. The first kappa shape index (κ1) is 30.2. The number of ether oxygens (including phenoxy) is 2. The van der Waals surface area contributed by atoms with Crippen LogP contribution in [0, 0.1) is 12.7 Å². The maximum Gasteiger partial charge on any atom is 0.451 e. The van der Waals surface area contributed by atoms with Gasteiger partial charge in [-0.25, -0.2) is 24.1 Å². The summed E-state index contributed by atoms with van der Waals surface area (Å²) in [5.74, 6) is -2.67. The second kappa shape index (κ2) is 12.0. The molecule has 0 radical (unpaired) electrons. The molecule has 2 amide bonds. The van der Waals surface area contributed by atoms with Gasteiger partial charge in [-0.15, -0.1) is 11.3 Å². The molecule has 0 unspecified atom stereocenters. The molecule has 1 aliphatic heterocycles. The summed E-state index contributed by atoms with van der Waals surface area (Å²) in [6.45, 7) is 7.78. The van der Waals surface area contributed by atoms with Gasteiger partial charge in [-0.3, -0.25) is 4.79 Å². The molecule has 1 N–H and O–H groups in total. The van der Waals surface area contributed by atoms with Gasteiger partial charge >= 0.3 is 12.3 Å². The Morgan fingerprint density at radius 1 is 1.07 bits per heavy atom. The van der Waals surface area contributed by atoms with Crippen LogP contribution in [-0.4, -0.2) is 56.6 Å². The van der Waals surface area contributed by atoms with Crippen LogP contribution in [0.4, 0.5) is 22.4 Å². The fourth-order valence-electron chi connectivity index (χ4n) is 4.01. The number of amides is 2. The number of alkyl halides is 3. The van der Waals surface area contributed by atoms with Gasteiger partial charge in [0.15, 0.2) is 0 Å². The van der Waals surface area contributed by atoms with Crippen molar-refractivity contribution in [2.75, 3.05) is 13.1 Å². The number of nitrogens with zero attached hydrogens (tertiary/aromatic N) is 4. The van der Waals surface area contributed by atoms with Crippen molar-refractivity contribution in [3.05, 3.63) is 58.4 Å². The Balaban J connectivity index is 1.50. The average molecular weight is 596 g/mol. The second-order valence-electron chi connectivity index (χ2n) is 10.5. The summed E-state index contributed by atoms with van der Waals surface area (Å²) >= 11 is 1.25. The topological polar surface area (TPSA) is 107 Å². The predicted octanol–water partition coefficient (Wildman–Crippen LogP) is 5.77. The van der Waals surface area contributed by atoms with Crippen LogP contribution in [0.25, 0.3) is 10.6 Å². The van der Waals surface area contributed by atoms with Crippen molar-refractivity contribution in [3.63, 3.8) is 0 Å². The van der Waals surface area contributed by atoms with Crippen molar-refractivity contribution in [1.29, 1.82) is 0 Å². The van der Waals surface area contributed by atoms with Gasteiger partial charge in [-0.05, 0) is 39.8 Å². The minimum absolute atomic E-state index is 0.0785. The number of piperidine rings is 1. The third-order valence-corrected chi connectivity index (χ3v) is 6.90. The number of likely N-dealkylation sites (tertiary alicyclic amines) is 1. The first-order valence-electron chi connectivity index (χ1n) is 12.8. The Hall–Kier alpha value is -3.81. The van der Waals surface area contributed by atoms with E-state index >= 15 is 4.39 Å². The van der Waals surface area contributed by atoms with E-state index in [1.54, 1.807) is 31.9 Å². The lowest BCUT2D eigenvalue weighted by molar-refractivity contribution is -0.145. The predicted molar refractivity (Wildman–Crippen MR) is 142 cm³/mol. The molecular weight excluding hydrogens is 566 g/mol. The zero-order valence-corrected chi connectivity index (χ0v) is 23.7. The highest BCUT2D eigenvalue weighted by molar-refractivity contribution is 7.14. The lowest BCUT2D eigenvalue weighted by Crippen LogP contribution is -2.44. The van der Waals surface area contributed by atoms with Crippen molar-refractivity contribution in [1.82, 2.24) is 25.2 Å². The van der Waals surface area contributed by atoms with E-state index in [4.69, 9.17) is 9.47 Å². The van der Waals surface area contributed by atoms with E-state index in [0.717, 1.165) is 17.3 Å². The largest absolute Gasteiger partial charge is 0.490 e. The van der Waals surface area contributed by atoms with Crippen LogP contribution >= 0.6 is 11.3 Å². The summed E-state index contributed by atoms with van der Waals surface area (Å²) in [5, 5.41) is 2.85. The number of aryl methyl sites for hydroxylation is 1. The highest BCUT2D eigenvalue weighted by Crippen LogP contribution is 2.34. The summed E-state index contributed by atoms with van der Waals surface area (Å²) in [5.41, 5.74) is -0.648. The Kier molecular flexibility index (Phi) is 8.80. The number of carbonyl (C=O) groups excluding carboxylic acids is 2. The Morgan fingerprint density at radius 3 is 2.29 bits per heavy atom. The molecule has 0 atom stereocenters. The molecule has 3 heterocycles. The Labute approximate surface area is 237 Å². The smallest absolute Gasteiger partial charge is 0.451 e. The number of thiazole rings is 1. The fraction of sp³-hybridized carbons (Fsp3) is 0.444. The number of hydrogen-bond acceptors (Lipinski definition) is 8. The maximum absolute atomic E-state index is 15.6. The van der Waals surface area contributed by atoms with Crippen LogP contribution in [0.15, 0.2) is 30.7 Å². The first-order chi connectivity index (χ1) is 19.2. The molecule has 9 nitrogen and oxygen atoms in total. The van der Waals surface area contributed by atoms with E-state index in [0.29, 0.717) is 30.9 Å². The number of benzene rings is 1. The van der Waals surface area contributed by atoms with Crippen LogP contribution in [-0.2, 0) is 17.5 Å². The molecular formula is C27H29F4N5O4S. The van der Waals surface area contributed by atoms with E-state index in [9.17, 15) is 22.8 Å². The highest BCUT2D eigenvalue weighted by atomic mass is 32.1. The molecule has 2 aromatic heterocycles. The van der Waals surface area contributed by atoms with Crippen LogP contribution in [0.5, 0.6) is 5.75 Å². The van der Waals surface area contributed by atoms with Gasteiger partial charge in [-0.1, -0.05) is 0 Å². The molecule has 0 bridgehead atoms. The fourth-order valence-corrected chi connectivity index (χ4v) is 4.79. The average Bonchev–Trinajstić information content (AvgIpc) is 3.33. The molecule has 1 saturated heterocycles. The third-order valence-electron chi connectivity index (χ3n) is 5.95. The van der Waals surface area contributed by atoms with Gasteiger partial charge in [0.05, 0.1) is 11.1 Å². The van der Waals surface area contributed by atoms with E-state index < -0.39 is 35.4 Å². The molecule has 3 aromatic rings. The monoisotopic (exact) mass is 595 g/mol. The molecule has 0 aliphatic carbocycles. The number of rotatable bonds is 6. The van der Waals surface area contributed by atoms with E-state index in [1.807, 2.05) is 6.92 Å². The molecule has 0 spiro atoms. The number of hydrogen-bond donors (Lipinski definition) is 1. The number of nitrogens with one attached hydrogen (secondary N) is 1. The van der Waals surface area contributed by atoms with Crippen LogP contribution in [0.2, 0.25) is 0 Å². The van der Waals surface area contributed by atoms with Crippen LogP contribution < -0.4 is 10.1 Å². The summed E-state index contributed by atoms with van der Waals surface area (Å²) < 4.78 is 65.3. The summed E-state index contributed by atoms with van der Waals surface area (Å²) in [7, 11) is 0. The SMILES string of the molecule is Cc1cnc(-c2cc(OC3CCN(C(=O)OC(C)(C)C)CC3)cc(C(=O)NCc3cnc(C(F)(F)F)nc3)c2F)s1. The van der Waals surface area contributed by atoms with Crippen molar-refractivity contribution in [2.24, 2.45) is 0 Å². The first-order valence-corrected chi connectivity index (χ1v) is 13.6. The molecule has 1 aliphatic rings. The van der Waals surface area contributed by atoms with Crippen molar-refractivity contribution in [2.45, 2.75) is 65.0 Å². The molecule has 4 rings (SSSR count). The maximum atomic E-state index is 15.6. The Bertz CT molecular complexity index is 1400. The zero-order valence-electron chi connectivity index (χ0n) is 22.8. The molecule has 1 aromatic carbocycles. The van der Waals surface area contributed by atoms with E-state index in [1.165, 1.54) is 23.5 Å². The minimum atomic E-state index is -4.69. The van der Waals surface area contributed by atoms with Gasteiger partial charge in [-0.2, -0.15) is 13.2 Å².